The SMILES string of the molecule is COc1cc(O)c(NC(=O)Cn2c(=O)n(-c3ccc(CC(=O)O)cc3)c(=O)c3ccccc32)cc1Cl. The van der Waals surface area contributed by atoms with Crippen LogP contribution in [0, 0.1) is 0 Å². The molecule has 1 heterocycles. The summed E-state index contributed by atoms with van der Waals surface area (Å²) in [6.07, 6.45) is -0.209. The van der Waals surface area contributed by atoms with E-state index in [2.05, 4.69) is 5.32 Å². The quantitative estimate of drug-likeness (QED) is 0.325. The van der Waals surface area contributed by atoms with Crippen molar-refractivity contribution in [2.75, 3.05) is 12.4 Å². The van der Waals surface area contributed by atoms with Crippen LogP contribution in [0.3, 0.4) is 0 Å². The maximum atomic E-state index is 13.4. The average Bonchev–Trinajstić information content (AvgIpc) is 2.84. The number of para-hydroxylation sites is 1. The Kier molecular flexibility index (Phi) is 6.80. The van der Waals surface area contributed by atoms with E-state index in [-0.39, 0.29) is 45.2 Å². The molecule has 0 bridgehead atoms. The van der Waals surface area contributed by atoms with Crippen molar-refractivity contribution in [3.8, 4) is 17.2 Å². The van der Waals surface area contributed by atoms with Crippen molar-refractivity contribution in [1.29, 1.82) is 0 Å². The van der Waals surface area contributed by atoms with Crippen LogP contribution in [0.4, 0.5) is 5.69 Å². The Morgan fingerprint density at radius 3 is 2.42 bits per heavy atom. The van der Waals surface area contributed by atoms with Crippen molar-refractivity contribution in [2.45, 2.75) is 13.0 Å². The zero-order valence-electron chi connectivity index (χ0n) is 18.9. The highest BCUT2D eigenvalue weighted by Gasteiger charge is 2.18. The molecule has 10 nitrogen and oxygen atoms in total. The average molecular weight is 510 g/mol. The van der Waals surface area contributed by atoms with E-state index in [0.717, 1.165) is 9.13 Å². The van der Waals surface area contributed by atoms with Gasteiger partial charge < -0.3 is 20.3 Å². The van der Waals surface area contributed by atoms with E-state index in [1.165, 1.54) is 49.6 Å². The Balaban J connectivity index is 1.76. The fourth-order valence-corrected chi connectivity index (χ4v) is 4.01. The first kappa shape index (κ1) is 24.6. The molecule has 0 radical (unpaired) electrons. The highest BCUT2D eigenvalue weighted by atomic mass is 35.5. The number of methoxy groups -OCH3 is 1. The summed E-state index contributed by atoms with van der Waals surface area (Å²) < 4.78 is 7.08. The monoisotopic (exact) mass is 509 g/mol. The number of benzene rings is 3. The summed E-state index contributed by atoms with van der Waals surface area (Å²) in [5.41, 5.74) is -0.366. The van der Waals surface area contributed by atoms with Crippen LogP contribution in [0.25, 0.3) is 16.6 Å². The van der Waals surface area contributed by atoms with Crippen molar-refractivity contribution >= 4 is 40.1 Å². The van der Waals surface area contributed by atoms with Crippen LogP contribution in [-0.4, -0.2) is 38.3 Å². The lowest BCUT2D eigenvalue weighted by Gasteiger charge is -2.15. The van der Waals surface area contributed by atoms with Gasteiger partial charge in [-0.1, -0.05) is 35.9 Å². The van der Waals surface area contributed by atoms with E-state index in [1.807, 2.05) is 0 Å². The fraction of sp³-hybridized carbons (Fsp3) is 0.120. The van der Waals surface area contributed by atoms with E-state index >= 15 is 0 Å². The standard InChI is InChI=1S/C25H20ClN3O7/c1-36-21-12-20(30)18(11-17(21)26)27-22(31)13-28-19-5-3-2-4-16(19)24(34)29(25(28)35)15-8-6-14(7-9-15)10-23(32)33/h2-9,11-12,30H,10,13H2,1H3,(H,27,31)(H,32,33). The maximum absolute atomic E-state index is 13.4. The molecule has 0 saturated heterocycles. The maximum Gasteiger partial charge on any atom is 0.336 e. The van der Waals surface area contributed by atoms with Crippen LogP contribution in [0.15, 0.2) is 70.3 Å². The summed E-state index contributed by atoms with van der Waals surface area (Å²) in [6, 6.07) is 14.9. The van der Waals surface area contributed by atoms with Crippen molar-refractivity contribution < 1.29 is 24.5 Å². The molecule has 0 unspecified atom stereocenters. The molecule has 184 valence electrons. The van der Waals surface area contributed by atoms with Crippen LogP contribution in [0.2, 0.25) is 5.02 Å². The number of aliphatic carboxylic acids is 1. The minimum absolute atomic E-state index is 0.0190. The Morgan fingerprint density at radius 2 is 1.75 bits per heavy atom. The molecule has 0 aliphatic rings. The Labute approximate surface area is 208 Å². The largest absolute Gasteiger partial charge is 0.506 e. The summed E-state index contributed by atoms with van der Waals surface area (Å²) in [4.78, 5) is 50.4. The van der Waals surface area contributed by atoms with E-state index in [9.17, 15) is 24.3 Å². The van der Waals surface area contributed by atoms with Crippen LogP contribution in [-0.2, 0) is 22.6 Å². The predicted octanol–water partition coefficient (Wildman–Crippen LogP) is 2.79. The molecule has 4 aromatic rings. The molecule has 3 aromatic carbocycles. The van der Waals surface area contributed by atoms with Crippen molar-refractivity contribution in [1.82, 2.24) is 9.13 Å². The number of carboxylic acids is 1. The zero-order valence-corrected chi connectivity index (χ0v) is 19.7. The molecule has 0 fully saturated rings. The third-order valence-electron chi connectivity index (χ3n) is 5.45. The van der Waals surface area contributed by atoms with Gasteiger partial charge in [0.05, 0.1) is 40.8 Å². The van der Waals surface area contributed by atoms with Gasteiger partial charge in [-0.3, -0.25) is 19.0 Å². The normalized spacial score (nSPS) is 10.8. The van der Waals surface area contributed by atoms with Gasteiger partial charge in [-0.25, -0.2) is 9.36 Å². The number of phenols is 1. The molecule has 0 aliphatic carbocycles. The number of aromatic hydroxyl groups is 1. The number of amides is 1. The minimum Gasteiger partial charge on any atom is -0.506 e. The van der Waals surface area contributed by atoms with Gasteiger partial charge in [0.25, 0.3) is 5.56 Å². The smallest absolute Gasteiger partial charge is 0.336 e. The van der Waals surface area contributed by atoms with Crippen LogP contribution >= 0.6 is 11.6 Å². The molecule has 0 saturated carbocycles. The lowest BCUT2D eigenvalue weighted by Crippen LogP contribution is -2.40. The molecular formula is C25H20ClN3O7. The predicted molar refractivity (Wildman–Crippen MR) is 133 cm³/mol. The highest BCUT2D eigenvalue weighted by molar-refractivity contribution is 6.32. The van der Waals surface area contributed by atoms with Gasteiger partial charge >= 0.3 is 11.7 Å². The third kappa shape index (κ3) is 4.80. The molecule has 1 aromatic heterocycles. The molecular weight excluding hydrogens is 490 g/mol. The van der Waals surface area contributed by atoms with E-state index in [0.29, 0.717) is 5.56 Å². The third-order valence-corrected chi connectivity index (χ3v) is 5.74. The summed E-state index contributed by atoms with van der Waals surface area (Å²) in [5.74, 6) is -1.73. The number of carbonyl (C=O) groups is 2. The highest BCUT2D eigenvalue weighted by Crippen LogP contribution is 2.35. The number of hydrogen-bond acceptors (Lipinski definition) is 6. The lowest BCUT2D eigenvalue weighted by molar-refractivity contribution is -0.136. The van der Waals surface area contributed by atoms with Gasteiger partial charge in [-0.15, -0.1) is 0 Å². The molecule has 3 N–H and O–H groups in total. The molecule has 36 heavy (non-hydrogen) atoms. The second-order valence-corrected chi connectivity index (χ2v) is 8.22. The number of carbonyl (C=O) groups excluding carboxylic acids is 1. The molecule has 1 amide bonds. The number of nitrogens with one attached hydrogen (secondary N) is 1. The first-order valence-corrected chi connectivity index (χ1v) is 11.0. The van der Waals surface area contributed by atoms with Crippen LogP contribution < -0.4 is 21.3 Å². The fourth-order valence-electron chi connectivity index (χ4n) is 3.77. The number of hydrogen-bond donors (Lipinski definition) is 3. The van der Waals surface area contributed by atoms with Gasteiger partial charge in [-0.05, 0) is 35.9 Å². The van der Waals surface area contributed by atoms with Crippen molar-refractivity contribution in [3.05, 3.63) is 92.1 Å². The number of nitrogens with zero attached hydrogens (tertiary/aromatic N) is 2. The van der Waals surface area contributed by atoms with E-state index < -0.39 is 29.7 Å². The van der Waals surface area contributed by atoms with Gasteiger partial charge in [0.1, 0.15) is 18.0 Å². The Hall–Kier alpha value is -4.57. The van der Waals surface area contributed by atoms with Gasteiger partial charge in [0.15, 0.2) is 0 Å². The number of halogens is 1. The first-order valence-electron chi connectivity index (χ1n) is 10.6. The van der Waals surface area contributed by atoms with Gasteiger partial charge in [-0.2, -0.15) is 0 Å². The lowest BCUT2D eigenvalue weighted by atomic mass is 10.1. The van der Waals surface area contributed by atoms with Crippen molar-refractivity contribution in [2.24, 2.45) is 0 Å². The Bertz CT molecular complexity index is 1610. The van der Waals surface area contributed by atoms with Crippen LogP contribution in [0.1, 0.15) is 5.56 Å². The van der Waals surface area contributed by atoms with E-state index in [4.69, 9.17) is 21.4 Å². The number of anilines is 1. The minimum atomic E-state index is -1.01. The topological polar surface area (TPSA) is 140 Å². The molecule has 0 atom stereocenters. The summed E-state index contributed by atoms with van der Waals surface area (Å²) in [5, 5.41) is 22.0. The van der Waals surface area contributed by atoms with Gasteiger partial charge in [0, 0.05) is 6.07 Å². The van der Waals surface area contributed by atoms with Crippen LogP contribution in [0.5, 0.6) is 11.5 Å². The number of phenolic OH excluding ortho intramolecular Hbond substituents is 1. The van der Waals surface area contributed by atoms with Crippen molar-refractivity contribution in [3.63, 3.8) is 0 Å². The number of ether oxygens (including phenoxy) is 1. The van der Waals surface area contributed by atoms with Gasteiger partial charge in [0.2, 0.25) is 5.91 Å². The molecule has 0 spiro atoms. The summed E-state index contributed by atoms with van der Waals surface area (Å²) in [7, 11) is 1.38. The second-order valence-electron chi connectivity index (χ2n) is 7.82. The zero-order chi connectivity index (χ0) is 26.0. The second kappa shape index (κ2) is 9.96. The number of fused-ring (bicyclic) bond motifs is 1. The summed E-state index contributed by atoms with van der Waals surface area (Å²) >= 11 is 6.08. The first-order chi connectivity index (χ1) is 17.2. The summed E-state index contributed by atoms with van der Waals surface area (Å²) in [6.45, 7) is -0.472. The molecule has 0 aliphatic heterocycles. The molecule has 11 heteroatoms. The Morgan fingerprint density at radius 1 is 1.06 bits per heavy atom. The number of aromatic nitrogens is 2. The molecule has 4 rings (SSSR count). The number of rotatable bonds is 7. The van der Waals surface area contributed by atoms with E-state index in [1.54, 1.807) is 18.2 Å². The number of carboxylic acid groups (broad SMARTS) is 1.